The van der Waals surface area contributed by atoms with Gasteiger partial charge < -0.3 is 4.74 Å². The van der Waals surface area contributed by atoms with Gasteiger partial charge in [0, 0.05) is 23.8 Å². The van der Waals surface area contributed by atoms with Gasteiger partial charge in [-0.2, -0.15) is 4.31 Å². The zero-order chi connectivity index (χ0) is 18.8. The van der Waals surface area contributed by atoms with E-state index in [9.17, 15) is 16.8 Å². The highest BCUT2D eigenvalue weighted by molar-refractivity contribution is 7.92. The van der Waals surface area contributed by atoms with E-state index < -0.39 is 20.0 Å². The van der Waals surface area contributed by atoms with E-state index in [-0.39, 0.29) is 22.9 Å². The topological polar surface area (TPSA) is 92.8 Å². The molecular weight excluding hydrogens is 400 g/mol. The molecule has 2 aromatic carbocycles. The van der Waals surface area contributed by atoms with E-state index >= 15 is 0 Å². The first-order valence-corrected chi connectivity index (χ1v) is 11.1. The van der Waals surface area contributed by atoms with Gasteiger partial charge in [-0.3, -0.25) is 4.72 Å². The zero-order valence-corrected chi connectivity index (χ0v) is 16.0. The third-order valence-corrected chi connectivity index (χ3v) is 7.40. The van der Waals surface area contributed by atoms with Gasteiger partial charge in [-0.1, -0.05) is 11.6 Å². The Morgan fingerprint density at radius 1 is 0.846 bits per heavy atom. The first-order valence-electron chi connectivity index (χ1n) is 7.75. The van der Waals surface area contributed by atoms with Gasteiger partial charge in [-0.25, -0.2) is 16.8 Å². The lowest BCUT2D eigenvalue weighted by atomic mass is 10.3. The average Bonchev–Trinajstić information content (AvgIpc) is 2.64. The van der Waals surface area contributed by atoms with Gasteiger partial charge in [-0.15, -0.1) is 0 Å². The predicted molar refractivity (Wildman–Crippen MR) is 98.3 cm³/mol. The molecule has 1 N–H and O–H groups in total. The Kier molecular flexibility index (Phi) is 5.54. The van der Waals surface area contributed by atoms with Crippen molar-refractivity contribution < 1.29 is 21.6 Å². The molecule has 0 radical (unpaired) electrons. The first-order chi connectivity index (χ1) is 12.3. The molecule has 1 heterocycles. The van der Waals surface area contributed by atoms with Crippen LogP contribution in [0.15, 0.2) is 58.3 Å². The number of ether oxygens (including phenoxy) is 1. The molecule has 7 nitrogen and oxygen atoms in total. The van der Waals surface area contributed by atoms with Gasteiger partial charge in [0.1, 0.15) is 0 Å². The Hall–Kier alpha value is -1.65. The maximum Gasteiger partial charge on any atom is 0.261 e. The molecule has 0 unspecified atom stereocenters. The molecule has 0 aliphatic carbocycles. The number of hydrogen-bond donors (Lipinski definition) is 1. The summed E-state index contributed by atoms with van der Waals surface area (Å²) in [7, 11) is -7.50. The van der Waals surface area contributed by atoms with E-state index in [1.807, 2.05) is 0 Å². The van der Waals surface area contributed by atoms with Crippen LogP contribution in [0.5, 0.6) is 0 Å². The zero-order valence-electron chi connectivity index (χ0n) is 13.6. The van der Waals surface area contributed by atoms with Crippen LogP contribution >= 0.6 is 11.6 Å². The molecule has 3 rings (SSSR count). The Labute approximate surface area is 157 Å². The molecule has 0 spiro atoms. The van der Waals surface area contributed by atoms with E-state index in [2.05, 4.69) is 4.72 Å². The molecule has 26 heavy (non-hydrogen) atoms. The Bertz CT molecular complexity index is 968. The second kappa shape index (κ2) is 7.53. The Balaban J connectivity index is 1.81. The molecule has 1 saturated heterocycles. The van der Waals surface area contributed by atoms with Gasteiger partial charge in [0.2, 0.25) is 10.0 Å². The predicted octanol–water partition coefficient (Wildman–Crippen LogP) is 2.16. The third kappa shape index (κ3) is 4.18. The van der Waals surface area contributed by atoms with Crippen LogP contribution in [-0.4, -0.2) is 47.4 Å². The molecule has 0 amide bonds. The summed E-state index contributed by atoms with van der Waals surface area (Å²) in [4.78, 5) is 0.0122. The van der Waals surface area contributed by atoms with Crippen molar-refractivity contribution in [2.45, 2.75) is 9.79 Å². The van der Waals surface area contributed by atoms with Crippen molar-refractivity contribution in [3.63, 3.8) is 0 Å². The standard InChI is InChI=1S/C16H17ClN2O5S2/c17-13-1-3-14(4-2-13)18-25(20,21)15-5-7-16(8-6-15)26(22,23)19-9-11-24-12-10-19/h1-8,18H,9-12H2. The maximum absolute atomic E-state index is 12.6. The highest BCUT2D eigenvalue weighted by atomic mass is 35.5. The van der Waals surface area contributed by atoms with Gasteiger partial charge >= 0.3 is 0 Å². The molecule has 2 aromatic rings. The first kappa shape index (κ1) is 19.1. The van der Waals surface area contributed by atoms with Crippen molar-refractivity contribution in [2.24, 2.45) is 0 Å². The van der Waals surface area contributed by atoms with Gasteiger partial charge in [0.05, 0.1) is 23.0 Å². The van der Waals surface area contributed by atoms with Crippen LogP contribution in [0, 0.1) is 0 Å². The highest BCUT2D eigenvalue weighted by Gasteiger charge is 2.26. The van der Waals surface area contributed by atoms with Crippen molar-refractivity contribution in [3.8, 4) is 0 Å². The van der Waals surface area contributed by atoms with Crippen LogP contribution in [-0.2, 0) is 24.8 Å². The molecule has 0 saturated carbocycles. The number of sulfonamides is 2. The number of nitrogens with zero attached hydrogens (tertiary/aromatic N) is 1. The van der Waals surface area contributed by atoms with Crippen LogP contribution < -0.4 is 4.72 Å². The Morgan fingerprint density at radius 3 is 1.96 bits per heavy atom. The summed E-state index contributed by atoms with van der Waals surface area (Å²) in [5.74, 6) is 0. The van der Waals surface area contributed by atoms with Gasteiger partial charge in [0.15, 0.2) is 0 Å². The summed E-state index contributed by atoms with van der Waals surface area (Å²) in [6.07, 6.45) is 0. The van der Waals surface area contributed by atoms with Crippen LogP contribution in [0.4, 0.5) is 5.69 Å². The minimum Gasteiger partial charge on any atom is -0.379 e. The van der Waals surface area contributed by atoms with Crippen molar-refractivity contribution in [2.75, 3.05) is 31.0 Å². The lowest BCUT2D eigenvalue weighted by Crippen LogP contribution is -2.40. The second-order valence-corrected chi connectivity index (χ2v) is 9.66. The number of nitrogens with one attached hydrogen (secondary N) is 1. The molecule has 1 aliphatic heterocycles. The second-order valence-electron chi connectivity index (χ2n) is 5.60. The number of morpholine rings is 1. The van der Waals surface area contributed by atoms with Crippen LogP contribution in [0.2, 0.25) is 5.02 Å². The number of anilines is 1. The van der Waals surface area contributed by atoms with Crippen molar-refractivity contribution >= 4 is 37.3 Å². The molecule has 0 aromatic heterocycles. The number of benzene rings is 2. The summed E-state index contributed by atoms with van der Waals surface area (Å²) >= 11 is 5.78. The molecule has 0 bridgehead atoms. The fourth-order valence-electron chi connectivity index (χ4n) is 2.46. The largest absolute Gasteiger partial charge is 0.379 e. The number of rotatable bonds is 5. The summed E-state index contributed by atoms with van der Waals surface area (Å²) in [6, 6.07) is 11.3. The van der Waals surface area contributed by atoms with Crippen LogP contribution in [0.3, 0.4) is 0 Å². The monoisotopic (exact) mass is 416 g/mol. The van der Waals surface area contributed by atoms with Crippen molar-refractivity contribution in [1.82, 2.24) is 4.31 Å². The fraction of sp³-hybridized carbons (Fsp3) is 0.250. The highest BCUT2D eigenvalue weighted by Crippen LogP contribution is 2.22. The Morgan fingerprint density at radius 2 is 1.38 bits per heavy atom. The molecular formula is C16H17ClN2O5S2. The normalized spacial score (nSPS) is 16.3. The summed E-state index contributed by atoms with van der Waals surface area (Å²) in [6.45, 7) is 1.24. The SMILES string of the molecule is O=S(=O)(Nc1ccc(Cl)cc1)c1ccc(S(=O)(=O)N2CCOCC2)cc1. The van der Waals surface area contributed by atoms with E-state index in [0.29, 0.717) is 23.9 Å². The number of halogens is 1. The minimum absolute atomic E-state index is 0.0339. The van der Waals surface area contributed by atoms with E-state index in [0.717, 1.165) is 0 Å². The quantitative estimate of drug-likeness (QED) is 0.806. The van der Waals surface area contributed by atoms with Gasteiger partial charge in [-0.05, 0) is 48.5 Å². The molecule has 140 valence electrons. The smallest absolute Gasteiger partial charge is 0.261 e. The van der Waals surface area contributed by atoms with Gasteiger partial charge in [0.25, 0.3) is 10.0 Å². The molecule has 0 atom stereocenters. The minimum atomic E-state index is -3.83. The molecule has 1 fully saturated rings. The average molecular weight is 417 g/mol. The lowest BCUT2D eigenvalue weighted by molar-refractivity contribution is 0.0730. The maximum atomic E-state index is 12.6. The summed E-state index contributed by atoms with van der Waals surface area (Å²) in [5, 5.41) is 0.491. The van der Waals surface area contributed by atoms with Crippen molar-refractivity contribution in [3.05, 3.63) is 53.6 Å². The third-order valence-electron chi connectivity index (χ3n) is 3.84. The molecule has 10 heteroatoms. The lowest BCUT2D eigenvalue weighted by Gasteiger charge is -2.26. The van der Waals surface area contributed by atoms with E-state index in [1.165, 1.54) is 40.7 Å². The molecule has 1 aliphatic rings. The summed E-state index contributed by atoms with van der Waals surface area (Å²) < 4.78 is 58.9. The van der Waals surface area contributed by atoms with E-state index in [4.69, 9.17) is 16.3 Å². The fourth-order valence-corrected chi connectivity index (χ4v) is 5.05. The number of hydrogen-bond acceptors (Lipinski definition) is 5. The van der Waals surface area contributed by atoms with E-state index in [1.54, 1.807) is 12.1 Å². The van der Waals surface area contributed by atoms with Crippen molar-refractivity contribution in [1.29, 1.82) is 0 Å². The van der Waals surface area contributed by atoms with Crippen LogP contribution in [0.1, 0.15) is 0 Å². The summed E-state index contributed by atoms with van der Waals surface area (Å²) in [5.41, 5.74) is 0.361. The van der Waals surface area contributed by atoms with Crippen LogP contribution in [0.25, 0.3) is 0 Å².